The van der Waals surface area contributed by atoms with Crippen LogP contribution in [0.3, 0.4) is 0 Å². The van der Waals surface area contributed by atoms with Gasteiger partial charge in [0.25, 0.3) is 0 Å². The first kappa shape index (κ1) is 15.6. The van der Waals surface area contributed by atoms with E-state index in [1.54, 1.807) is 7.11 Å². The normalized spacial score (nSPS) is 11.7. The summed E-state index contributed by atoms with van der Waals surface area (Å²) in [4.78, 5) is 4.87. The first-order valence-electron chi connectivity index (χ1n) is 7.61. The van der Waals surface area contributed by atoms with E-state index < -0.39 is 0 Å². The summed E-state index contributed by atoms with van der Waals surface area (Å²) in [6.07, 6.45) is 1.08. The van der Waals surface area contributed by atoms with Crippen molar-refractivity contribution in [1.82, 2.24) is 4.98 Å². The van der Waals surface area contributed by atoms with Crippen LogP contribution in [0.25, 0.3) is 10.9 Å². The molecule has 3 nitrogen and oxygen atoms in total. The van der Waals surface area contributed by atoms with Crippen LogP contribution in [-0.4, -0.2) is 18.6 Å². The van der Waals surface area contributed by atoms with Gasteiger partial charge in [0.2, 0.25) is 0 Å². The second-order valence-corrected chi connectivity index (χ2v) is 6.54. The molecule has 1 N–H and O–H groups in total. The Morgan fingerprint density at radius 3 is 2.52 bits per heavy atom. The minimum atomic E-state index is 0.0484. The van der Waals surface area contributed by atoms with E-state index in [0.29, 0.717) is 0 Å². The topological polar surface area (TPSA) is 34.2 Å². The molecule has 0 saturated carbocycles. The summed E-state index contributed by atoms with van der Waals surface area (Å²) < 4.78 is 5.48. The lowest BCUT2D eigenvalue weighted by atomic mass is 9.86. The Morgan fingerprint density at radius 2 is 1.95 bits per heavy atom. The summed E-state index contributed by atoms with van der Waals surface area (Å²) in [6.45, 7) is 11.9. The van der Waals surface area contributed by atoms with Crippen molar-refractivity contribution in [3.8, 4) is 5.75 Å². The van der Waals surface area contributed by atoms with Crippen molar-refractivity contribution in [2.45, 2.75) is 46.5 Å². The van der Waals surface area contributed by atoms with Crippen molar-refractivity contribution in [1.29, 1.82) is 0 Å². The van der Waals surface area contributed by atoms with Gasteiger partial charge in [0, 0.05) is 17.5 Å². The molecule has 1 aromatic carbocycles. The summed E-state index contributed by atoms with van der Waals surface area (Å²) in [6, 6.07) is 6.34. The quantitative estimate of drug-likeness (QED) is 0.886. The van der Waals surface area contributed by atoms with Crippen molar-refractivity contribution >= 4 is 16.7 Å². The molecule has 0 spiro atoms. The van der Waals surface area contributed by atoms with Crippen LogP contribution in [0.15, 0.2) is 18.2 Å². The van der Waals surface area contributed by atoms with E-state index in [2.05, 4.69) is 52.1 Å². The van der Waals surface area contributed by atoms with Gasteiger partial charge in [-0.3, -0.25) is 0 Å². The van der Waals surface area contributed by atoms with Crippen LogP contribution in [0.1, 0.15) is 45.2 Å². The Bertz CT molecular complexity index is 642. The fraction of sp³-hybridized carbons (Fsp3) is 0.500. The van der Waals surface area contributed by atoms with Gasteiger partial charge in [-0.05, 0) is 36.5 Å². The zero-order chi connectivity index (χ0) is 15.6. The molecule has 114 valence electrons. The molecule has 21 heavy (non-hydrogen) atoms. The largest absolute Gasteiger partial charge is 0.494 e. The van der Waals surface area contributed by atoms with Gasteiger partial charge in [-0.1, -0.05) is 33.8 Å². The standard InChI is InChI=1S/C18H26N2O/c1-7-10-19-17-14(18(3,4)5)11-13-12(2)8-9-15(21-6)16(13)20-17/h8-9,11H,7,10H2,1-6H3,(H,19,20). The Labute approximate surface area is 127 Å². The second kappa shape index (κ2) is 5.92. The summed E-state index contributed by atoms with van der Waals surface area (Å²) in [7, 11) is 1.70. The molecular formula is C18H26N2O. The molecule has 0 amide bonds. The van der Waals surface area contributed by atoms with E-state index in [4.69, 9.17) is 9.72 Å². The van der Waals surface area contributed by atoms with Crippen molar-refractivity contribution in [2.75, 3.05) is 19.0 Å². The molecule has 0 saturated heterocycles. The third-order valence-corrected chi connectivity index (χ3v) is 3.74. The summed E-state index contributed by atoms with van der Waals surface area (Å²) in [5, 5.41) is 4.63. The minimum absolute atomic E-state index is 0.0484. The summed E-state index contributed by atoms with van der Waals surface area (Å²) >= 11 is 0. The smallest absolute Gasteiger partial charge is 0.145 e. The molecule has 2 aromatic rings. The minimum Gasteiger partial charge on any atom is -0.494 e. The second-order valence-electron chi connectivity index (χ2n) is 6.54. The number of ether oxygens (including phenoxy) is 1. The van der Waals surface area contributed by atoms with Gasteiger partial charge in [-0.2, -0.15) is 0 Å². The number of benzene rings is 1. The molecule has 0 aliphatic heterocycles. The number of hydrogen-bond donors (Lipinski definition) is 1. The number of pyridine rings is 1. The maximum Gasteiger partial charge on any atom is 0.145 e. The monoisotopic (exact) mass is 286 g/mol. The average molecular weight is 286 g/mol. The highest BCUT2D eigenvalue weighted by atomic mass is 16.5. The number of nitrogens with one attached hydrogen (secondary N) is 1. The van der Waals surface area contributed by atoms with Crippen molar-refractivity contribution in [3.63, 3.8) is 0 Å². The fourth-order valence-electron chi connectivity index (χ4n) is 2.49. The van der Waals surface area contributed by atoms with Gasteiger partial charge in [0.05, 0.1) is 7.11 Å². The number of rotatable bonds is 4. The molecule has 1 heterocycles. The molecule has 0 radical (unpaired) electrons. The number of nitrogens with zero attached hydrogens (tertiary/aromatic N) is 1. The first-order chi connectivity index (χ1) is 9.88. The van der Waals surface area contributed by atoms with Gasteiger partial charge in [0.1, 0.15) is 17.1 Å². The van der Waals surface area contributed by atoms with Crippen LogP contribution in [0.2, 0.25) is 0 Å². The third kappa shape index (κ3) is 3.12. The van der Waals surface area contributed by atoms with Crippen molar-refractivity contribution < 1.29 is 4.74 Å². The third-order valence-electron chi connectivity index (χ3n) is 3.74. The highest BCUT2D eigenvalue weighted by Crippen LogP contribution is 2.35. The van der Waals surface area contributed by atoms with Gasteiger partial charge in [-0.25, -0.2) is 4.98 Å². The Morgan fingerprint density at radius 1 is 1.24 bits per heavy atom. The molecule has 0 unspecified atom stereocenters. The maximum atomic E-state index is 5.48. The predicted octanol–water partition coefficient (Wildman–Crippen LogP) is 4.67. The fourth-order valence-corrected chi connectivity index (χ4v) is 2.49. The lowest BCUT2D eigenvalue weighted by Gasteiger charge is -2.24. The Hall–Kier alpha value is -1.77. The molecule has 1 aromatic heterocycles. The lowest BCUT2D eigenvalue weighted by Crippen LogP contribution is -2.17. The van der Waals surface area contributed by atoms with Crippen LogP contribution in [0.5, 0.6) is 5.75 Å². The van der Waals surface area contributed by atoms with Gasteiger partial charge in [-0.15, -0.1) is 0 Å². The molecule has 3 heteroatoms. The van der Waals surface area contributed by atoms with Crippen LogP contribution >= 0.6 is 0 Å². The highest BCUT2D eigenvalue weighted by Gasteiger charge is 2.21. The molecule has 0 aliphatic rings. The van der Waals surface area contributed by atoms with Crippen LogP contribution in [-0.2, 0) is 5.41 Å². The van der Waals surface area contributed by atoms with Gasteiger partial charge in [0.15, 0.2) is 0 Å². The molecule has 2 rings (SSSR count). The molecule has 0 atom stereocenters. The number of aromatic nitrogens is 1. The average Bonchev–Trinajstić information content (AvgIpc) is 2.43. The lowest BCUT2D eigenvalue weighted by molar-refractivity contribution is 0.419. The van der Waals surface area contributed by atoms with Crippen LogP contribution < -0.4 is 10.1 Å². The van der Waals surface area contributed by atoms with E-state index in [-0.39, 0.29) is 5.41 Å². The SMILES string of the molecule is CCCNc1nc2c(OC)ccc(C)c2cc1C(C)(C)C. The van der Waals surface area contributed by atoms with Crippen LogP contribution in [0, 0.1) is 6.92 Å². The predicted molar refractivity (Wildman–Crippen MR) is 90.5 cm³/mol. The Kier molecular flexibility index (Phi) is 4.40. The molecule has 0 fully saturated rings. The Balaban J connectivity index is 2.73. The van der Waals surface area contributed by atoms with Crippen molar-refractivity contribution in [2.24, 2.45) is 0 Å². The molecular weight excluding hydrogens is 260 g/mol. The van der Waals surface area contributed by atoms with E-state index in [9.17, 15) is 0 Å². The summed E-state index contributed by atoms with van der Waals surface area (Å²) in [5.41, 5.74) is 3.46. The molecule has 0 bridgehead atoms. The van der Waals surface area contributed by atoms with E-state index in [0.717, 1.165) is 30.0 Å². The van der Waals surface area contributed by atoms with Gasteiger partial charge < -0.3 is 10.1 Å². The van der Waals surface area contributed by atoms with E-state index in [1.807, 2.05) is 6.07 Å². The number of aryl methyl sites for hydroxylation is 1. The highest BCUT2D eigenvalue weighted by molar-refractivity contribution is 5.90. The van der Waals surface area contributed by atoms with E-state index in [1.165, 1.54) is 16.5 Å². The first-order valence-corrected chi connectivity index (χ1v) is 7.61. The zero-order valence-electron chi connectivity index (χ0n) is 14.0. The van der Waals surface area contributed by atoms with Gasteiger partial charge >= 0.3 is 0 Å². The summed E-state index contributed by atoms with van der Waals surface area (Å²) in [5.74, 6) is 1.80. The number of anilines is 1. The number of hydrogen-bond acceptors (Lipinski definition) is 3. The molecule has 0 aliphatic carbocycles. The zero-order valence-corrected chi connectivity index (χ0v) is 14.0. The number of methoxy groups -OCH3 is 1. The maximum absolute atomic E-state index is 5.48. The van der Waals surface area contributed by atoms with E-state index >= 15 is 0 Å². The number of fused-ring (bicyclic) bond motifs is 1. The van der Waals surface area contributed by atoms with Crippen LogP contribution in [0.4, 0.5) is 5.82 Å². The van der Waals surface area contributed by atoms with Crippen molar-refractivity contribution in [3.05, 3.63) is 29.3 Å².